The van der Waals surface area contributed by atoms with Crippen LogP contribution in [-0.2, 0) is 4.74 Å². The second kappa shape index (κ2) is 10.1. The highest BCUT2D eigenvalue weighted by molar-refractivity contribution is 6.31. The summed E-state index contributed by atoms with van der Waals surface area (Å²) in [6.07, 6.45) is 7.65. The molecule has 170 valence electrons. The van der Waals surface area contributed by atoms with Gasteiger partial charge in [-0.15, -0.1) is 0 Å². The Morgan fingerprint density at radius 1 is 1.22 bits per heavy atom. The Bertz CT molecular complexity index is 1020. The summed E-state index contributed by atoms with van der Waals surface area (Å²) in [5, 5.41) is 17.3. The van der Waals surface area contributed by atoms with Crippen molar-refractivity contribution in [1.82, 2.24) is 20.3 Å². The molecule has 2 aromatic heterocycles. The van der Waals surface area contributed by atoms with Crippen molar-refractivity contribution in [2.45, 2.75) is 70.2 Å². The number of nitrogens with one attached hydrogen (secondary N) is 2. The van der Waals surface area contributed by atoms with Crippen molar-refractivity contribution in [3.63, 3.8) is 0 Å². The molecule has 0 bridgehead atoms. The van der Waals surface area contributed by atoms with E-state index in [1.165, 1.54) is 17.3 Å². The molecule has 7 nitrogen and oxygen atoms in total. The number of aromatic nitrogens is 3. The fourth-order valence-corrected chi connectivity index (χ4v) is 4.53. The summed E-state index contributed by atoms with van der Waals surface area (Å²) >= 11 is 6.34. The number of aliphatic hydroxyl groups excluding tert-OH is 1. The molecule has 2 aliphatic rings. The van der Waals surface area contributed by atoms with Crippen molar-refractivity contribution in [3.05, 3.63) is 46.0 Å². The number of pyridine rings is 1. The van der Waals surface area contributed by atoms with E-state index >= 15 is 0 Å². The molecular weight excluding hydrogens is 426 g/mol. The quantitative estimate of drug-likeness (QED) is 0.608. The first-order valence-electron chi connectivity index (χ1n) is 11.2. The molecule has 8 heteroatoms. The summed E-state index contributed by atoms with van der Waals surface area (Å²) in [6, 6.07) is 0.649. The summed E-state index contributed by atoms with van der Waals surface area (Å²) in [5.74, 6) is 7.08. The zero-order valence-corrected chi connectivity index (χ0v) is 19.5. The van der Waals surface area contributed by atoms with Gasteiger partial charge in [-0.1, -0.05) is 31.4 Å². The van der Waals surface area contributed by atoms with Crippen LogP contribution in [0, 0.1) is 11.8 Å². The number of rotatable bonds is 4. The highest BCUT2D eigenvalue weighted by Gasteiger charge is 2.26. The molecule has 0 radical (unpaired) electrons. The molecule has 0 saturated carbocycles. The summed E-state index contributed by atoms with van der Waals surface area (Å²) in [5.41, 5.74) is 3.77. The first kappa shape index (κ1) is 22.9. The predicted molar refractivity (Wildman–Crippen MR) is 125 cm³/mol. The van der Waals surface area contributed by atoms with Crippen molar-refractivity contribution >= 4 is 17.5 Å². The molecule has 4 rings (SSSR count). The Balaban J connectivity index is 1.61. The van der Waals surface area contributed by atoms with Crippen LogP contribution in [-0.4, -0.2) is 51.5 Å². The maximum absolute atomic E-state index is 10.1. The van der Waals surface area contributed by atoms with E-state index in [9.17, 15) is 5.11 Å². The molecule has 4 heterocycles. The van der Waals surface area contributed by atoms with Crippen LogP contribution in [0.5, 0.6) is 0 Å². The molecule has 0 amide bonds. The van der Waals surface area contributed by atoms with E-state index in [-0.39, 0.29) is 6.04 Å². The van der Waals surface area contributed by atoms with E-state index in [1.807, 2.05) is 12.4 Å². The number of halogens is 1. The Morgan fingerprint density at radius 3 is 2.78 bits per heavy atom. The second-order valence-electron chi connectivity index (χ2n) is 8.86. The van der Waals surface area contributed by atoms with Gasteiger partial charge in [-0.05, 0) is 49.2 Å². The van der Waals surface area contributed by atoms with Crippen LogP contribution in [0.25, 0.3) is 0 Å². The average Bonchev–Trinajstić information content (AvgIpc) is 3.21. The molecule has 0 unspecified atom stereocenters. The minimum Gasteiger partial charge on any atom is -0.389 e. The van der Waals surface area contributed by atoms with Gasteiger partial charge in [-0.3, -0.25) is 4.98 Å². The van der Waals surface area contributed by atoms with Crippen LogP contribution in [0.4, 0.5) is 5.95 Å². The second-order valence-corrected chi connectivity index (χ2v) is 9.27. The minimum absolute atomic E-state index is 0.166. The van der Waals surface area contributed by atoms with Gasteiger partial charge in [0.05, 0.1) is 30.0 Å². The predicted octanol–water partition coefficient (Wildman–Crippen LogP) is 3.42. The van der Waals surface area contributed by atoms with Gasteiger partial charge in [0.25, 0.3) is 0 Å². The molecule has 0 aromatic carbocycles. The van der Waals surface area contributed by atoms with Crippen molar-refractivity contribution in [2.24, 2.45) is 0 Å². The smallest absolute Gasteiger partial charge is 0.224 e. The fraction of sp³-hybridized carbons (Fsp3) is 0.542. The molecule has 3 N–H and O–H groups in total. The van der Waals surface area contributed by atoms with Crippen molar-refractivity contribution in [3.8, 4) is 11.8 Å². The van der Waals surface area contributed by atoms with Gasteiger partial charge in [0, 0.05) is 36.6 Å². The molecular formula is C24H30ClN5O2. The largest absolute Gasteiger partial charge is 0.389 e. The van der Waals surface area contributed by atoms with Crippen LogP contribution in [0.3, 0.4) is 0 Å². The SMILES string of the molecule is CC(C)c1c(C#Cc2nc(N[C@@H]3CCOC[C@H]3O)ncc2Cl)cncc1[C@@H]1CC[C@H](C)N1. The van der Waals surface area contributed by atoms with E-state index in [2.05, 4.69) is 58.2 Å². The van der Waals surface area contributed by atoms with Crippen LogP contribution < -0.4 is 10.6 Å². The lowest BCUT2D eigenvalue weighted by atomic mass is 9.90. The van der Waals surface area contributed by atoms with E-state index in [0.717, 1.165) is 18.4 Å². The molecule has 32 heavy (non-hydrogen) atoms. The number of aliphatic hydroxyl groups is 1. The van der Waals surface area contributed by atoms with Gasteiger partial charge >= 0.3 is 0 Å². The van der Waals surface area contributed by atoms with E-state index in [0.29, 0.717) is 54.3 Å². The summed E-state index contributed by atoms with van der Waals surface area (Å²) in [6.45, 7) is 7.47. The topological polar surface area (TPSA) is 92.2 Å². The fourth-order valence-electron chi connectivity index (χ4n) is 4.39. The third-order valence-electron chi connectivity index (χ3n) is 6.05. The third-order valence-corrected chi connectivity index (χ3v) is 6.32. The molecule has 2 saturated heterocycles. The number of hydrogen-bond donors (Lipinski definition) is 3. The molecule has 2 aromatic rings. The normalized spacial score (nSPS) is 25.4. The Morgan fingerprint density at radius 2 is 2.06 bits per heavy atom. The van der Waals surface area contributed by atoms with E-state index < -0.39 is 6.10 Å². The van der Waals surface area contributed by atoms with Gasteiger partial charge in [-0.2, -0.15) is 0 Å². The maximum atomic E-state index is 10.1. The van der Waals surface area contributed by atoms with Gasteiger partial charge in [0.2, 0.25) is 5.95 Å². The van der Waals surface area contributed by atoms with Crippen LogP contribution >= 0.6 is 11.6 Å². The molecule has 2 fully saturated rings. The molecule has 4 atom stereocenters. The zero-order chi connectivity index (χ0) is 22.7. The number of ether oxygens (including phenoxy) is 1. The number of hydrogen-bond acceptors (Lipinski definition) is 7. The standard InChI is InChI=1S/C24H30ClN5O2/c1-14(2)23-16(10-26-11-17(23)19-6-4-15(3)28-19)5-7-20-18(25)12-27-24(29-20)30-21-8-9-32-13-22(21)31/h10-12,14-15,19,21-22,28,31H,4,6,8-9,13H2,1-3H3,(H,27,29,30)/t15-,19-,21+,22+/m0/s1. The lowest BCUT2D eigenvalue weighted by Crippen LogP contribution is -2.42. The zero-order valence-electron chi connectivity index (χ0n) is 18.7. The molecule has 0 spiro atoms. The average molecular weight is 456 g/mol. The van der Waals surface area contributed by atoms with Crippen LogP contribution in [0.2, 0.25) is 5.02 Å². The molecule has 0 aliphatic carbocycles. The first-order valence-corrected chi connectivity index (χ1v) is 11.6. The number of nitrogens with zero attached hydrogens (tertiary/aromatic N) is 3. The molecule has 2 aliphatic heterocycles. The van der Waals surface area contributed by atoms with Crippen molar-refractivity contribution in [1.29, 1.82) is 0 Å². The van der Waals surface area contributed by atoms with Crippen molar-refractivity contribution < 1.29 is 9.84 Å². The summed E-state index contributed by atoms with van der Waals surface area (Å²) in [7, 11) is 0. The number of anilines is 1. The van der Waals surface area contributed by atoms with Gasteiger partial charge < -0.3 is 20.5 Å². The van der Waals surface area contributed by atoms with Gasteiger partial charge in [-0.25, -0.2) is 9.97 Å². The maximum Gasteiger partial charge on any atom is 0.224 e. The van der Waals surface area contributed by atoms with Gasteiger partial charge in [0.1, 0.15) is 5.69 Å². The third kappa shape index (κ3) is 5.21. The Kier molecular flexibility index (Phi) is 7.27. The summed E-state index contributed by atoms with van der Waals surface area (Å²) < 4.78 is 5.28. The lowest BCUT2D eigenvalue weighted by molar-refractivity contribution is -0.0136. The minimum atomic E-state index is -0.605. The van der Waals surface area contributed by atoms with Gasteiger partial charge in [0.15, 0.2) is 0 Å². The van der Waals surface area contributed by atoms with E-state index in [4.69, 9.17) is 16.3 Å². The highest BCUT2D eigenvalue weighted by atomic mass is 35.5. The van der Waals surface area contributed by atoms with Crippen molar-refractivity contribution in [2.75, 3.05) is 18.5 Å². The Labute approximate surface area is 194 Å². The monoisotopic (exact) mass is 455 g/mol. The van der Waals surface area contributed by atoms with Crippen LogP contribution in [0.1, 0.15) is 74.4 Å². The summed E-state index contributed by atoms with van der Waals surface area (Å²) in [4.78, 5) is 13.2. The van der Waals surface area contributed by atoms with Crippen LogP contribution in [0.15, 0.2) is 18.6 Å². The Hall–Kier alpha value is -2.24. The highest BCUT2D eigenvalue weighted by Crippen LogP contribution is 2.33. The first-order chi connectivity index (χ1) is 15.4. The van der Waals surface area contributed by atoms with E-state index in [1.54, 1.807) is 0 Å². The lowest BCUT2D eigenvalue weighted by Gasteiger charge is -2.28.